The van der Waals surface area contributed by atoms with Crippen molar-refractivity contribution in [1.82, 2.24) is 25.3 Å². The molecule has 8 nitrogen and oxygen atoms in total. The minimum atomic E-state index is -0.396. The van der Waals surface area contributed by atoms with E-state index in [0.29, 0.717) is 41.7 Å². The van der Waals surface area contributed by atoms with Crippen LogP contribution in [0.1, 0.15) is 29.9 Å². The summed E-state index contributed by atoms with van der Waals surface area (Å²) >= 11 is 0. The summed E-state index contributed by atoms with van der Waals surface area (Å²) in [6, 6.07) is 14.9. The van der Waals surface area contributed by atoms with Crippen LogP contribution in [0.15, 0.2) is 67.0 Å². The summed E-state index contributed by atoms with van der Waals surface area (Å²) in [5, 5.41) is 11.2. The first-order valence-corrected chi connectivity index (χ1v) is 10.9. The first-order chi connectivity index (χ1) is 16.6. The lowest BCUT2D eigenvalue weighted by Crippen LogP contribution is -2.24. The molecule has 0 bridgehead atoms. The van der Waals surface area contributed by atoms with Crippen molar-refractivity contribution in [2.75, 3.05) is 13.2 Å². The third-order valence-electron chi connectivity index (χ3n) is 4.97. The van der Waals surface area contributed by atoms with Gasteiger partial charge in [-0.15, -0.1) is 5.10 Å². The third kappa shape index (κ3) is 5.03. The van der Waals surface area contributed by atoms with Crippen LogP contribution in [0.25, 0.3) is 16.9 Å². The molecular formula is C25H24FN5O3. The third-order valence-corrected chi connectivity index (χ3v) is 4.97. The molecule has 0 fully saturated rings. The number of amides is 1. The maximum atomic E-state index is 13.4. The maximum absolute atomic E-state index is 13.4. The average Bonchev–Trinajstić information content (AvgIpc) is 3.30. The van der Waals surface area contributed by atoms with E-state index in [2.05, 4.69) is 20.6 Å². The van der Waals surface area contributed by atoms with Gasteiger partial charge in [0.25, 0.3) is 5.91 Å². The van der Waals surface area contributed by atoms with Crippen molar-refractivity contribution >= 4 is 5.91 Å². The molecular weight excluding hydrogens is 437 g/mol. The summed E-state index contributed by atoms with van der Waals surface area (Å²) in [4.78, 5) is 17.2. The van der Waals surface area contributed by atoms with Crippen LogP contribution in [0.3, 0.4) is 0 Å². The number of benzene rings is 2. The normalized spacial score (nSPS) is 10.7. The van der Waals surface area contributed by atoms with E-state index in [1.54, 1.807) is 36.7 Å². The Balaban J connectivity index is 1.61. The number of carbonyl (C=O) groups excluding carboxylic acids is 1. The van der Waals surface area contributed by atoms with Crippen molar-refractivity contribution in [2.24, 2.45) is 0 Å². The molecule has 0 spiro atoms. The van der Waals surface area contributed by atoms with Crippen LogP contribution < -0.4 is 14.8 Å². The van der Waals surface area contributed by atoms with Gasteiger partial charge in [-0.1, -0.05) is 11.3 Å². The van der Waals surface area contributed by atoms with Gasteiger partial charge in [0, 0.05) is 24.5 Å². The number of pyridine rings is 1. The van der Waals surface area contributed by atoms with E-state index in [9.17, 15) is 9.18 Å². The zero-order chi connectivity index (χ0) is 23.9. The van der Waals surface area contributed by atoms with E-state index in [4.69, 9.17) is 9.47 Å². The number of halogens is 1. The van der Waals surface area contributed by atoms with Crippen molar-refractivity contribution < 1.29 is 18.7 Å². The Morgan fingerprint density at radius 3 is 2.38 bits per heavy atom. The van der Waals surface area contributed by atoms with Gasteiger partial charge in [-0.25, -0.2) is 9.07 Å². The van der Waals surface area contributed by atoms with Gasteiger partial charge in [-0.3, -0.25) is 9.78 Å². The lowest BCUT2D eigenvalue weighted by molar-refractivity contribution is 0.0946. The van der Waals surface area contributed by atoms with Crippen molar-refractivity contribution in [3.8, 4) is 28.4 Å². The van der Waals surface area contributed by atoms with Crippen molar-refractivity contribution in [3.05, 3.63) is 84.1 Å². The molecule has 0 saturated carbocycles. The predicted octanol–water partition coefficient (Wildman–Crippen LogP) is 4.20. The Bertz CT molecular complexity index is 1260. The monoisotopic (exact) mass is 461 g/mol. The van der Waals surface area contributed by atoms with Gasteiger partial charge in [0.2, 0.25) is 0 Å². The van der Waals surface area contributed by atoms with Crippen molar-refractivity contribution in [1.29, 1.82) is 0 Å². The van der Waals surface area contributed by atoms with Crippen LogP contribution in [0, 0.1) is 5.82 Å². The number of ether oxygens (including phenoxy) is 2. The predicted molar refractivity (Wildman–Crippen MR) is 124 cm³/mol. The highest BCUT2D eigenvalue weighted by molar-refractivity contribution is 5.98. The molecule has 4 aromatic rings. The first-order valence-electron chi connectivity index (χ1n) is 10.9. The summed E-state index contributed by atoms with van der Waals surface area (Å²) in [5.41, 5.74) is 2.75. The second kappa shape index (κ2) is 10.6. The van der Waals surface area contributed by atoms with Crippen LogP contribution in [-0.2, 0) is 6.54 Å². The summed E-state index contributed by atoms with van der Waals surface area (Å²) in [6.45, 7) is 5.08. The quantitative estimate of drug-likeness (QED) is 0.402. The largest absolute Gasteiger partial charge is 0.490 e. The number of carbonyl (C=O) groups is 1. The highest BCUT2D eigenvalue weighted by atomic mass is 19.1. The zero-order valence-electron chi connectivity index (χ0n) is 18.9. The highest BCUT2D eigenvalue weighted by Gasteiger charge is 2.22. The molecule has 0 aliphatic heterocycles. The highest BCUT2D eigenvalue weighted by Crippen LogP contribution is 2.29. The molecule has 2 heterocycles. The van der Waals surface area contributed by atoms with Gasteiger partial charge >= 0.3 is 0 Å². The van der Waals surface area contributed by atoms with Gasteiger partial charge in [-0.2, -0.15) is 0 Å². The van der Waals surface area contributed by atoms with Gasteiger partial charge in [0.1, 0.15) is 11.5 Å². The standard InChI is InChI=1S/C25H24FN5O3/c1-3-33-21-10-5-17(15-22(21)34-4-2)16-28-25(32)23-24(18-11-13-27-14-12-18)31(30-29-23)20-8-6-19(26)7-9-20/h5-15H,3-4,16H2,1-2H3,(H,28,32). The molecule has 0 aliphatic rings. The molecule has 1 amide bonds. The van der Waals surface area contributed by atoms with E-state index in [1.807, 2.05) is 32.0 Å². The fraction of sp³-hybridized carbons (Fsp3) is 0.200. The number of nitrogens with one attached hydrogen (secondary N) is 1. The van der Waals surface area contributed by atoms with Gasteiger partial charge in [0.15, 0.2) is 17.2 Å². The second-order valence-corrected chi connectivity index (χ2v) is 7.24. The number of nitrogens with zero attached hydrogens (tertiary/aromatic N) is 4. The van der Waals surface area contributed by atoms with Crippen LogP contribution in [0.2, 0.25) is 0 Å². The number of aromatic nitrogens is 4. The second-order valence-electron chi connectivity index (χ2n) is 7.24. The smallest absolute Gasteiger partial charge is 0.274 e. The Kier molecular flexibility index (Phi) is 7.12. The molecule has 0 atom stereocenters. The molecule has 0 aliphatic carbocycles. The summed E-state index contributed by atoms with van der Waals surface area (Å²) in [6.07, 6.45) is 3.24. The first kappa shape index (κ1) is 22.9. The molecule has 9 heteroatoms. The fourth-order valence-electron chi connectivity index (χ4n) is 3.44. The van der Waals surface area contributed by atoms with Gasteiger partial charge in [-0.05, 0) is 67.9 Å². The molecule has 0 unspecified atom stereocenters. The summed E-state index contributed by atoms with van der Waals surface area (Å²) in [7, 11) is 0. The van der Waals surface area contributed by atoms with E-state index in [0.717, 1.165) is 5.56 Å². The lowest BCUT2D eigenvalue weighted by atomic mass is 10.1. The van der Waals surface area contributed by atoms with Crippen molar-refractivity contribution in [2.45, 2.75) is 20.4 Å². The average molecular weight is 461 g/mol. The molecule has 4 rings (SSSR count). The SMILES string of the molecule is CCOc1ccc(CNC(=O)c2nnn(-c3ccc(F)cc3)c2-c2ccncc2)cc1OCC. The van der Waals surface area contributed by atoms with Crippen molar-refractivity contribution in [3.63, 3.8) is 0 Å². The molecule has 34 heavy (non-hydrogen) atoms. The van der Waals surface area contributed by atoms with E-state index < -0.39 is 5.91 Å². The Morgan fingerprint density at radius 2 is 1.68 bits per heavy atom. The fourth-order valence-corrected chi connectivity index (χ4v) is 3.44. The molecule has 174 valence electrons. The van der Waals surface area contributed by atoms with Crippen LogP contribution in [0.4, 0.5) is 4.39 Å². The number of rotatable bonds is 9. The Morgan fingerprint density at radius 1 is 0.971 bits per heavy atom. The minimum absolute atomic E-state index is 0.145. The van der Waals surface area contributed by atoms with E-state index in [-0.39, 0.29) is 18.1 Å². The summed E-state index contributed by atoms with van der Waals surface area (Å²) in [5.74, 6) is 0.513. The number of hydrogen-bond acceptors (Lipinski definition) is 6. The maximum Gasteiger partial charge on any atom is 0.274 e. The molecule has 0 saturated heterocycles. The molecule has 0 radical (unpaired) electrons. The van der Waals surface area contributed by atoms with Gasteiger partial charge in [0.05, 0.1) is 18.9 Å². The van der Waals surface area contributed by atoms with Crippen LogP contribution >= 0.6 is 0 Å². The topological polar surface area (TPSA) is 91.2 Å². The minimum Gasteiger partial charge on any atom is -0.490 e. The lowest BCUT2D eigenvalue weighted by Gasteiger charge is -2.13. The van der Waals surface area contributed by atoms with E-state index >= 15 is 0 Å². The van der Waals surface area contributed by atoms with E-state index in [1.165, 1.54) is 16.8 Å². The Hall–Kier alpha value is -4.27. The molecule has 2 aromatic heterocycles. The Labute approximate surface area is 196 Å². The van der Waals surface area contributed by atoms with Gasteiger partial charge < -0.3 is 14.8 Å². The van der Waals surface area contributed by atoms with Crippen LogP contribution in [0.5, 0.6) is 11.5 Å². The zero-order valence-corrected chi connectivity index (χ0v) is 18.9. The summed E-state index contributed by atoms with van der Waals surface area (Å²) < 4.78 is 26.2. The molecule has 1 N–H and O–H groups in total. The molecule has 2 aromatic carbocycles. The number of hydrogen-bond donors (Lipinski definition) is 1. The van der Waals surface area contributed by atoms with Crippen LogP contribution in [-0.4, -0.2) is 39.1 Å².